The lowest BCUT2D eigenvalue weighted by Gasteiger charge is -2.47. The van der Waals surface area contributed by atoms with Crippen molar-refractivity contribution in [2.75, 3.05) is 6.61 Å². The summed E-state index contributed by atoms with van der Waals surface area (Å²) in [5.41, 5.74) is 2.02. The van der Waals surface area contributed by atoms with Crippen LogP contribution in [-0.4, -0.2) is 21.9 Å². The zero-order valence-electron chi connectivity index (χ0n) is 14.1. The van der Waals surface area contributed by atoms with Crippen molar-refractivity contribution in [2.45, 2.75) is 31.8 Å². The predicted molar refractivity (Wildman–Crippen MR) is 95.7 cm³/mol. The summed E-state index contributed by atoms with van der Waals surface area (Å²) in [7, 11) is 0. The van der Waals surface area contributed by atoms with Gasteiger partial charge in [-0.15, -0.1) is 0 Å². The first kappa shape index (κ1) is 16.1. The van der Waals surface area contributed by atoms with E-state index in [0.29, 0.717) is 6.54 Å². The highest BCUT2D eigenvalue weighted by atomic mass is 16.3. The van der Waals surface area contributed by atoms with E-state index in [1.807, 2.05) is 24.3 Å². The molecule has 5 heteroatoms. The number of hydrogen-bond acceptors (Lipinski definition) is 4. The van der Waals surface area contributed by atoms with Gasteiger partial charge in [0, 0.05) is 17.7 Å². The molecule has 0 bridgehead atoms. The number of hydrogen-bond donors (Lipinski definition) is 3. The van der Waals surface area contributed by atoms with Gasteiger partial charge in [-0.1, -0.05) is 36.8 Å². The Morgan fingerprint density at radius 2 is 2.00 bits per heavy atom. The number of benzene rings is 1. The van der Waals surface area contributed by atoms with Crippen molar-refractivity contribution in [3.63, 3.8) is 0 Å². The fourth-order valence-corrected chi connectivity index (χ4v) is 3.72. The smallest absolute Gasteiger partial charge is 0.152 e. The van der Waals surface area contributed by atoms with Crippen LogP contribution in [0, 0.1) is 5.41 Å². The minimum Gasteiger partial charge on any atom is -0.458 e. The van der Waals surface area contributed by atoms with Crippen LogP contribution < -0.4 is 5.32 Å². The molecule has 25 heavy (non-hydrogen) atoms. The molecule has 0 amide bonds. The Kier molecular flexibility index (Phi) is 4.42. The van der Waals surface area contributed by atoms with Crippen LogP contribution in [-0.2, 0) is 6.54 Å². The van der Waals surface area contributed by atoms with E-state index in [2.05, 4.69) is 39.8 Å². The average Bonchev–Trinajstić information content (AvgIpc) is 3.29. The highest BCUT2D eigenvalue weighted by molar-refractivity contribution is 5.51. The van der Waals surface area contributed by atoms with Gasteiger partial charge in [0.25, 0.3) is 0 Å². The first-order valence-corrected chi connectivity index (χ1v) is 8.78. The van der Waals surface area contributed by atoms with Crippen molar-refractivity contribution in [3.05, 3.63) is 66.1 Å². The summed E-state index contributed by atoms with van der Waals surface area (Å²) in [5, 5.41) is 20.5. The minimum absolute atomic E-state index is 0.0693. The molecule has 0 aliphatic heterocycles. The molecular weight excluding hydrogens is 314 g/mol. The predicted octanol–water partition coefficient (Wildman–Crippen LogP) is 3.66. The number of aromatic amines is 1. The molecule has 4 rings (SSSR count). The molecule has 3 N–H and O–H groups in total. The molecule has 2 heterocycles. The van der Waals surface area contributed by atoms with Gasteiger partial charge in [0.05, 0.1) is 13.2 Å². The number of nitrogens with zero attached hydrogens (tertiary/aromatic N) is 1. The van der Waals surface area contributed by atoms with E-state index in [0.717, 1.165) is 30.1 Å². The Hall–Kier alpha value is -2.37. The molecule has 1 aromatic carbocycles. The van der Waals surface area contributed by atoms with Gasteiger partial charge in [-0.2, -0.15) is 5.10 Å². The minimum atomic E-state index is -0.0693. The zero-order valence-corrected chi connectivity index (χ0v) is 14.1. The maximum Gasteiger partial charge on any atom is 0.152 e. The van der Waals surface area contributed by atoms with Crippen LogP contribution in [0.25, 0.3) is 11.5 Å². The van der Waals surface area contributed by atoms with E-state index in [1.54, 1.807) is 6.20 Å². The SMILES string of the molecule is OCC1(C(NCc2ccc(-c3ccn[nH]3)o2)c2ccccc2)CCC1. The summed E-state index contributed by atoms with van der Waals surface area (Å²) >= 11 is 0. The number of H-pyrrole nitrogens is 1. The standard InChI is InChI=1S/C20H23N3O2/c24-14-20(10-4-11-20)19(15-5-2-1-3-6-15)21-13-16-7-8-18(25-16)17-9-12-22-23-17/h1-3,5-9,12,19,21,24H,4,10-11,13-14H2,(H,22,23). The topological polar surface area (TPSA) is 74.1 Å². The second kappa shape index (κ2) is 6.86. The number of aliphatic hydroxyl groups excluding tert-OH is 1. The van der Waals surface area contributed by atoms with Crippen molar-refractivity contribution >= 4 is 0 Å². The van der Waals surface area contributed by atoms with E-state index >= 15 is 0 Å². The molecule has 1 saturated carbocycles. The van der Waals surface area contributed by atoms with E-state index in [9.17, 15) is 5.11 Å². The number of rotatable bonds is 7. The van der Waals surface area contributed by atoms with Crippen LogP contribution >= 0.6 is 0 Å². The van der Waals surface area contributed by atoms with Gasteiger partial charge in [-0.05, 0) is 36.6 Å². The Labute approximate surface area is 147 Å². The Bertz CT molecular complexity index is 786. The molecule has 0 saturated heterocycles. The fraction of sp³-hybridized carbons (Fsp3) is 0.350. The third-order valence-electron chi connectivity index (χ3n) is 5.32. The lowest BCUT2D eigenvalue weighted by atomic mass is 9.63. The summed E-state index contributed by atoms with van der Waals surface area (Å²) in [6, 6.07) is 16.3. The first-order valence-electron chi connectivity index (χ1n) is 8.78. The van der Waals surface area contributed by atoms with E-state index in [1.165, 1.54) is 12.0 Å². The van der Waals surface area contributed by atoms with Gasteiger partial charge in [-0.25, -0.2) is 0 Å². The molecule has 1 fully saturated rings. The Morgan fingerprint density at radius 1 is 1.16 bits per heavy atom. The highest BCUT2D eigenvalue weighted by Crippen LogP contribution is 2.50. The Balaban J connectivity index is 1.52. The molecule has 1 aliphatic carbocycles. The van der Waals surface area contributed by atoms with Crippen LogP contribution in [0.15, 0.2) is 59.1 Å². The highest BCUT2D eigenvalue weighted by Gasteiger charge is 2.44. The lowest BCUT2D eigenvalue weighted by Crippen LogP contribution is -2.45. The fourth-order valence-electron chi connectivity index (χ4n) is 3.72. The maximum absolute atomic E-state index is 10.0. The van der Waals surface area contributed by atoms with E-state index in [-0.39, 0.29) is 18.1 Å². The van der Waals surface area contributed by atoms with Crippen molar-refractivity contribution in [1.29, 1.82) is 0 Å². The Morgan fingerprint density at radius 3 is 2.64 bits per heavy atom. The molecule has 0 spiro atoms. The molecule has 2 aromatic heterocycles. The van der Waals surface area contributed by atoms with Crippen molar-refractivity contribution < 1.29 is 9.52 Å². The molecule has 1 atom stereocenters. The molecule has 130 valence electrons. The summed E-state index contributed by atoms with van der Waals surface area (Å²) < 4.78 is 5.92. The zero-order chi connectivity index (χ0) is 17.1. The second-order valence-electron chi connectivity index (χ2n) is 6.83. The maximum atomic E-state index is 10.0. The van der Waals surface area contributed by atoms with Crippen LogP contribution in [0.3, 0.4) is 0 Å². The third-order valence-corrected chi connectivity index (χ3v) is 5.32. The normalized spacial score (nSPS) is 17.2. The molecule has 1 unspecified atom stereocenters. The van der Waals surface area contributed by atoms with Gasteiger partial charge in [-0.3, -0.25) is 5.10 Å². The molecule has 3 aromatic rings. The summed E-state index contributed by atoms with van der Waals surface area (Å²) in [6.45, 7) is 0.826. The van der Waals surface area contributed by atoms with E-state index < -0.39 is 0 Å². The van der Waals surface area contributed by atoms with Crippen LogP contribution in [0.2, 0.25) is 0 Å². The van der Waals surface area contributed by atoms with Crippen LogP contribution in [0.1, 0.15) is 36.6 Å². The van der Waals surface area contributed by atoms with Crippen molar-refractivity contribution in [3.8, 4) is 11.5 Å². The number of aliphatic hydroxyl groups is 1. The summed E-state index contributed by atoms with van der Waals surface area (Å²) in [4.78, 5) is 0. The number of nitrogens with one attached hydrogen (secondary N) is 2. The number of aromatic nitrogens is 2. The first-order chi connectivity index (χ1) is 12.3. The van der Waals surface area contributed by atoms with E-state index in [4.69, 9.17) is 4.42 Å². The van der Waals surface area contributed by atoms with Crippen LogP contribution in [0.5, 0.6) is 0 Å². The van der Waals surface area contributed by atoms with Crippen molar-refractivity contribution in [2.24, 2.45) is 5.41 Å². The van der Waals surface area contributed by atoms with Gasteiger partial charge in [0.1, 0.15) is 11.5 Å². The second-order valence-corrected chi connectivity index (χ2v) is 6.83. The lowest BCUT2D eigenvalue weighted by molar-refractivity contribution is 0.00407. The molecule has 1 aliphatic rings. The van der Waals surface area contributed by atoms with Gasteiger partial charge in [0.2, 0.25) is 0 Å². The van der Waals surface area contributed by atoms with Crippen LogP contribution in [0.4, 0.5) is 0 Å². The molecule has 5 nitrogen and oxygen atoms in total. The summed E-state index contributed by atoms with van der Waals surface area (Å²) in [5.74, 6) is 1.66. The largest absolute Gasteiger partial charge is 0.458 e. The third kappa shape index (κ3) is 3.13. The molecular formula is C20H23N3O2. The van der Waals surface area contributed by atoms with Gasteiger partial charge in [0.15, 0.2) is 5.76 Å². The monoisotopic (exact) mass is 337 g/mol. The summed E-state index contributed by atoms with van der Waals surface area (Å²) in [6.07, 6.45) is 4.99. The average molecular weight is 337 g/mol. The quantitative estimate of drug-likeness (QED) is 0.615. The molecule has 0 radical (unpaired) electrons. The van der Waals surface area contributed by atoms with Gasteiger partial charge >= 0.3 is 0 Å². The number of furan rings is 1. The van der Waals surface area contributed by atoms with Gasteiger partial charge < -0.3 is 14.8 Å². The van der Waals surface area contributed by atoms with Crippen molar-refractivity contribution in [1.82, 2.24) is 15.5 Å².